The highest BCUT2D eigenvalue weighted by atomic mass is 16.2. The Labute approximate surface area is 116 Å². The van der Waals surface area contributed by atoms with Crippen LogP contribution in [-0.2, 0) is 0 Å². The standard InChI is InChI=1S/C13H16N6O/c1-9(2)19-8-15-17-12(19)10-4-3-5-11(16-10)18-7-6-14-13(18)20/h3-5,8-9H,6-7H2,1-2H3,(H,14,20). The first-order chi connectivity index (χ1) is 9.66. The van der Waals surface area contributed by atoms with Crippen LogP contribution in [0.25, 0.3) is 11.5 Å². The summed E-state index contributed by atoms with van der Waals surface area (Å²) in [5, 5.41) is 10.8. The van der Waals surface area contributed by atoms with Gasteiger partial charge in [0.1, 0.15) is 17.8 Å². The van der Waals surface area contributed by atoms with E-state index in [1.165, 1.54) is 0 Å². The number of aromatic nitrogens is 4. The minimum absolute atomic E-state index is 0.111. The van der Waals surface area contributed by atoms with Crippen LogP contribution in [0.2, 0.25) is 0 Å². The van der Waals surface area contributed by atoms with Crippen LogP contribution in [0.5, 0.6) is 0 Å². The molecule has 1 saturated heterocycles. The Bertz CT molecular complexity index is 635. The van der Waals surface area contributed by atoms with Crippen molar-refractivity contribution in [3.05, 3.63) is 24.5 Å². The summed E-state index contributed by atoms with van der Waals surface area (Å²) in [6, 6.07) is 5.72. The van der Waals surface area contributed by atoms with Gasteiger partial charge in [0.05, 0.1) is 0 Å². The van der Waals surface area contributed by atoms with Gasteiger partial charge in [-0.15, -0.1) is 10.2 Å². The van der Waals surface area contributed by atoms with Crippen molar-refractivity contribution in [1.82, 2.24) is 25.1 Å². The van der Waals surface area contributed by atoms with Crippen LogP contribution >= 0.6 is 0 Å². The van der Waals surface area contributed by atoms with Crippen molar-refractivity contribution < 1.29 is 4.79 Å². The summed E-state index contributed by atoms with van der Waals surface area (Å²) < 4.78 is 1.95. The molecule has 0 unspecified atom stereocenters. The number of rotatable bonds is 3. The first kappa shape index (κ1) is 12.6. The van der Waals surface area contributed by atoms with Crippen molar-refractivity contribution in [2.75, 3.05) is 18.0 Å². The first-order valence-electron chi connectivity index (χ1n) is 6.59. The Balaban J connectivity index is 1.99. The lowest BCUT2D eigenvalue weighted by atomic mass is 10.3. The van der Waals surface area contributed by atoms with E-state index >= 15 is 0 Å². The molecule has 7 nitrogen and oxygen atoms in total. The number of pyridine rings is 1. The maximum absolute atomic E-state index is 11.7. The zero-order valence-electron chi connectivity index (χ0n) is 11.4. The Morgan fingerprint density at radius 2 is 2.20 bits per heavy atom. The number of hydrogen-bond donors (Lipinski definition) is 1. The second kappa shape index (κ2) is 4.92. The second-order valence-corrected chi connectivity index (χ2v) is 4.92. The molecule has 104 valence electrons. The summed E-state index contributed by atoms with van der Waals surface area (Å²) in [6.07, 6.45) is 1.69. The van der Waals surface area contributed by atoms with Gasteiger partial charge in [0.25, 0.3) is 0 Å². The average molecular weight is 272 g/mol. The molecule has 0 saturated carbocycles. The van der Waals surface area contributed by atoms with Crippen LogP contribution in [-0.4, -0.2) is 38.9 Å². The van der Waals surface area contributed by atoms with Crippen molar-refractivity contribution in [2.45, 2.75) is 19.9 Å². The van der Waals surface area contributed by atoms with Crippen LogP contribution in [0.15, 0.2) is 24.5 Å². The molecule has 20 heavy (non-hydrogen) atoms. The number of hydrogen-bond acceptors (Lipinski definition) is 4. The van der Waals surface area contributed by atoms with Crippen molar-refractivity contribution in [3.8, 4) is 11.5 Å². The number of urea groups is 1. The minimum Gasteiger partial charge on any atom is -0.336 e. The molecule has 0 radical (unpaired) electrons. The SMILES string of the molecule is CC(C)n1cnnc1-c1cccc(N2CCNC2=O)n1. The van der Waals surface area contributed by atoms with Crippen LogP contribution in [0.4, 0.5) is 10.6 Å². The topological polar surface area (TPSA) is 75.9 Å². The third-order valence-electron chi connectivity index (χ3n) is 3.23. The van der Waals surface area contributed by atoms with E-state index in [0.717, 1.165) is 0 Å². The average Bonchev–Trinajstić information content (AvgIpc) is 3.07. The van der Waals surface area contributed by atoms with E-state index in [2.05, 4.69) is 34.3 Å². The summed E-state index contributed by atoms with van der Waals surface area (Å²) in [7, 11) is 0. The lowest BCUT2D eigenvalue weighted by Crippen LogP contribution is -2.28. The van der Waals surface area contributed by atoms with Gasteiger partial charge in [-0.25, -0.2) is 9.78 Å². The lowest BCUT2D eigenvalue weighted by Gasteiger charge is -2.14. The number of amides is 2. The largest absolute Gasteiger partial charge is 0.336 e. The predicted molar refractivity (Wildman–Crippen MR) is 74.4 cm³/mol. The second-order valence-electron chi connectivity index (χ2n) is 4.92. The summed E-state index contributed by atoms with van der Waals surface area (Å²) >= 11 is 0. The molecule has 1 N–H and O–H groups in total. The van der Waals surface area contributed by atoms with Gasteiger partial charge in [-0.2, -0.15) is 0 Å². The van der Waals surface area contributed by atoms with Crippen molar-refractivity contribution in [1.29, 1.82) is 0 Å². The summed E-state index contributed by atoms with van der Waals surface area (Å²) in [4.78, 5) is 17.8. The molecule has 1 aliphatic rings. The van der Waals surface area contributed by atoms with E-state index < -0.39 is 0 Å². The van der Waals surface area contributed by atoms with Crippen molar-refractivity contribution in [3.63, 3.8) is 0 Å². The van der Waals surface area contributed by atoms with Gasteiger partial charge in [-0.3, -0.25) is 4.90 Å². The molecule has 0 aromatic carbocycles. The fraction of sp³-hybridized carbons (Fsp3) is 0.385. The highest BCUT2D eigenvalue weighted by Crippen LogP contribution is 2.21. The van der Waals surface area contributed by atoms with Gasteiger partial charge in [0, 0.05) is 19.1 Å². The molecule has 1 fully saturated rings. The normalized spacial score (nSPS) is 14.9. The summed E-state index contributed by atoms with van der Waals surface area (Å²) in [5.74, 6) is 1.34. The number of nitrogens with zero attached hydrogens (tertiary/aromatic N) is 5. The first-order valence-corrected chi connectivity index (χ1v) is 6.59. The lowest BCUT2D eigenvalue weighted by molar-refractivity contribution is 0.252. The third kappa shape index (κ3) is 2.11. The Hall–Kier alpha value is -2.44. The molecule has 2 amide bonds. The maximum atomic E-state index is 11.7. The zero-order valence-corrected chi connectivity index (χ0v) is 11.4. The van der Waals surface area contributed by atoms with E-state index in [0.29, 0.717) is 30.4 Å². The quantitative estimate of drug-likeness (QED) is 0.917. The van der Waals surface area contributed by atoms with E-state index in [4.69, 9.17) is 0 Å². The van der Waals surface area contributed by atoms with Crippen molar-refractivity contribution >= 4 is 11.8 Å². The van der Waals surface area contributed by atoms with E-state index in [1.54, 1.807) is 11.2 Å². The Morgan fingerprint density at radius 3 is 2.90 bits per heavy atom. The van der Waals surface area contributed by atoms with Crippen LogP contribution in [0, 0.1) is 0 Å². The zero-order chi connectivity index (χ0) is 14.1. The number of nitrogens with one attached hydrogen (secondary N) is 1. The van der Waals surface area contributed by atoms with Gasteiger partial charge < -0.3 is 9.88 Å². The molecule has 0 atom stereocenters. The summed E-state index contributed by atoms with van der Waals surface area (Å²) in [6.45, 7) is 5.40. The number of anilines is 1. The van der Waals surface area contributed by atoms with Gasteiger partial charge in [0.2, 0.25) is 0 Å². The monoisotopic (exact) mass is 272 g/mol. The molecule has 0 aliphatic carbocycles. The van der Waals surface area contributed by atoms with E-state index in [1.807, 2.05) is 22.8 Å². The minimum atomic E-state index is -0.111. The van der Waals surface area contributed by atoms with E-state index in [-0.39, 0.29) is 12.1 Å². The van der Waals surface area contributed by atoms with Gasteiger partial charge in [0.15, 0.2) is 5.82 Å². The molecule has 3 heterocycles. The number of carbonyl (C=O) groups is 1. The molecule has 0 spiro atoms. The molecular formula is C13H16N6O. The molecule has 3 rings (SSSR count). The maximum Gasteiger partial charge on any atom is 0.323 e. The Morgan fingerprint density at radius 1 is 1.35 bits per heavy atom. The molecular weight excluding hydrogens is 256 g/mol. The smallest absolute Gasteiger partial charge is 0.323 e. The highest BCUT2D eigenvalue weighted by molar-refractivity contribution is 5.93. The fourth-order valence-electron chi connectivity index (χ4n) is 2.19. The number of carbonyl (C=O) groups excluding carboxylic acids is 1. The van der Waals surface area contributed by atoms with Crippen LogP contribution in [0.3, 0.4) is 0 Å². The molecule has 2 aromatic heterocycles. The molecule has 7 heteroatoms. The van der Waals surface area contributed by atoms with Gasteiger partial charge in [-0.05, 0) is 26.0 Å². The molecule has 1 aliphatic heterocycles. The summed E-state index contributed by atoms with van der Waals surface area (Å²) in [5.41, 5.74) is 0.716. The highest BCUT2D eigenvalue weighted by Gasteiger charge is 2.23. The fourth-order valence-corrected chi connectivity index (χ4v) is 2.19. The predicted octanol–water partition coefficient (Wildman–Crippen LogP) is 1.45. The molecule has 2 aromatic rings. The van der Waals surface area contributed by atoms with Crippen molar-refractivity contribution in [2.24, 2.45) is 0 Å². The van der Waals surface area contributed by atoms with Gasteiger partial charge >= 0.3 is 6.03 Å². The third-order valence-corrected chi connectivity index (χ3v) is 3.23. The van der Waals surface area contributed by atoms with Gasteiger partial charge in [-0.1, -0.05) is 6.07 Å². The molecule has 0 bridgehead atoms. The van der Waals surface area contributed by atoms with Crippen LogP contribution in [0.1, 0.15) is 19.9 Å². The van der Waals surface area contributed by atoms with E-state index in [9.17, 15) is 4.79 Å². The van der Waals surface area contributed by atoms with Crippen LogP contribution < -0.4 is 10.2 Å². The Kier molecular flexibility index (Phi) is 3.09.